The van der Waals surface area contributed by atoms with Crippen LogP contribution in [0.15, 0.2) is 20.2 Å². The fourth-order valence-corrected chi connectivity index (χ4v) is 3.01. The van der Waals surface area contributed by atoms with Crippen LogP contribution in [0, 0.1) is 13.8 Å². The van der Waals surface area contributed by atoms with Crippen molar-refractivity contribution in [2.24, 2.45) is 0 Å². The number of hydrogen-bond acceptors (Lipinski definition) is 5. The molecule has 1 aliphatic heterocycles. The summed E-state index contributed by atoms with van der Waals surface area (Å²) in [5.74, 6) is 0.312. The number of aromatic amines is 2. The molecule has 1 aliphatic rings. The van der Waals surface area contributed by atoms with Crippen molar-refractivity contribution in [1.82, 2.24) is 20.0 Å². The normalized spacial score (nSPS) is 17.9. The number of likely N-dealkylation sites (tertiary alicyclic amines) is 1. The van der Waals surface area contributed by atoms with Crippen LogP contribution in [0.2, 0.25) is 0 Å². The van der Waals surface area contributed by atoms with E-state index in [1.54, 1.807) is 4.90 Å². The maximum Gasteiger partial charge on any atom is 0.326 e. The van der Waals surface area contributed by atoms with Crippen LogP contribution < -0.4 is 11.2 Å². The Bertz CT molecular complexity index is 784. The molecule has 0 radical (unpaired) electrons. The fraction of sp³-hybridized carbons (Fsp3) is 0.429. The van der Waals surface area contributed by atoms with Gasteiger partial charge in [0.1, 0.15) is 11.5 Å². The summed E-state index contributed by atoms with van der Waals surface area (Å²) in [5, 5.41) is 3.93. The number of rotatable bonds is 2. The molecule has 2 aromatic heterocycles. The average Bonchev–Trinajstić information content (AvgIpc) is 3.03. The van der Waals surface area contributed by atoms with Crippen LogP contribution in [0.3, 0.4) is 0 Å². The molecule has 1 unspecified atom stereocenters. The first kappa shape index (κ1) is 14.3. The van der Waals surface area contributed by atoms with Gasteiger partial charge in [0.15, 0.2) is 0 Å². The minimum atomic E-state index is -0.691. The first-order valence-electron chi connectivity index (χ1n) is 7.04. The molecular formula is C14H16N4O4. The Morgan fingerprint density at radius 1 is 1.36 bits per heavy atom. The molecule has 3 rings (SSSR count). The highest BCUT2D eigenvalue weighted by Crippen LogP contribution is 2.36. The van der Waals surface area contributed by atoms with Gasteiger partial charge in [0.05, 0.1) is 11.7 Å². The van der Waals surface area contributed by atoms with Gasteiger partial charge in [0, 0.05) is 18.2 Å². The van der Waals surface area contributed by atoms with Crippen LogP contribution in [0.5, 0.6) is 0 Å². The molecule has 1 atom stereocenters. The van der Waals surface area contributed by atoms with Crippen molar-refractivity contribution in [2.45, 2.75) is 32.7 Å². The average molecular weight is 304 g/mol. The zero-order chi connectivity index (χ0) is 15.9. The number of carbonyl (C=O) groups is 1. The molecule has 8 nitrogen and oxygen atoms in total. The standard InChI is InChI=1S/C14H16N4O4/c1-7-12(8(2)22-17-7)10-4-3-5-18(10)13(20)9-6-11(19)16-14(21)15-9/h6,10H,3-5H2,1-2H3,(H2,15,16,19,21). The van der Waals surface area contributed by atoms with Crippen molar-refractivity contribution in [1.29, 1.82) is 0 Å². The molecule has 0 saturated carbocycles. The molecule has 22 heavy (non-hydrogen) atoms. The van der Waals surface area contributed by atoms with Gasteiger partial charge in [0.25, 0.3) is 11.5 Å². The van der Waals surface area contributed by atoms with Gasteiger partial charge >= 0.3 is 5.69 Å². The lowest BCUT2D eigenvalue weighted by Gasteiger charge is -2.24. The second-order valence-corrected chi connectivity index (χ2v) is 5.40. The van der Waals surface area contributed by atoms with Crippen molar-refractivity contribution in [2.75, 3.05) is 6.54 Å². The predicted octanol–water partition coefficient (Wildman–Crippen LogP) is 0.645. The van der Waals surface area contributed by atoms with E-state index in [0.717, 1.165) is 30.2 Å². The molecule has 0 aliphatic carbocycles. The number of carbonyl (C=O) groups excluding carboxylic acids is 1. The van der Waals surface area contributed by atoms with Crippen LogP contribution in [0.1, 0.15) is 46.4 Å². The zero-order valence-electron chi connectivity index (χ0n) is 12.3. The van der Waals surface area contributed by atoms with E-state index in [1.807, 2.05) is 13.8 Å². The van der Waals surface area contributed by atoms with Crippen LogP contribution in [-0.2, 0) is 0 Å². The Labute approximate surface area is 125 Å². The lowest BCUT2D eigenvalue weighted by molar-refractivity contribution is 0.0728. The molecule has 2 aromatic rings. The van der Waals surface area contributed by atoms with Crippen LogP contribution in [-0.4, -0.2) is 32.5 Å². The fourth-order valence-electron chi connectivity index (χ4n) is 3.01. The van der Waals surface area contributed by atoms with Gasteiger partial charge in [-0.3, -0.25) is 14.6 Å². The highest BCUT2D eigenvalue weighted by Gasteiger charge is 2.34. The third kappa shape index (κ3) is 2.36. The number of amides is 1. The maximum atomic E-state index is 12.6. The van der Waals surface area contributed by atoms with Crippen LogP contribution in [0.25, 0.3) is 0 Å². The van der Waals surface area contributed by atoms with E-state index in [0.29, 0.717) is 12.3 Å². The van der Waals surface area contributed by atoms with Crippen molar-refractivity contribution in [3.63, 3.8) is 0 Å². The summed E-state index contributed by atoms with van der Waals surface area (Å²) >= 11 is 0. The summed E-state index contributed by atoms with van der Waals surface area (Å²) < 4.78 is 5.18. The minimum absolute atomic E-state index is 0.00703. The predicted molar refractivity (Wildman–Crippen MR) is 76.7 cm³/mol. The second-order valence-electron chi connectivity index (χ2n) is 5.40. The van der Waals surface area contributed by atoms with Crippen molar-refractivity contribution >= 4 is 5.91 Å². The SMILES string of the molecule is Cc1noc(C)c1C1CCCN1C(=O)c1cc(=O)[nH]c(=O)[nH]1. The second kappa shape index (κ2) is 5.28. The Morgan fingerprint density at radius 3 is 2.77 bits per heavy atom. The van der Waals surface area contributed by atoms with Crippen LogP contribution in [0.4, 0.5) is 0 Å². The Morgan fingerprint density at radius 2 is 2.14 bits per heavy atom. The molecule has 8 heteroatoms. The summed E-state index contributed by atoms with van der Waals surface area (Å²) in [4.78, 5) is 41.4. The number of nitrogens with zero attached hydrogens (tertiary/aromatic N) is 2. The summed E-state index contributed by atoms with van der Waals surface area (Å²) in [5.41, 5.74) is 0.358. The molecule has 116 valence electrons. The third-order valence-electron chi connectivity index (χ3n) is 3.93. The number of aryl methyl sites for hydroxylation is 2. The van der Waals surface area contributed by atoms with E-state index >= 15 is 0 Å². The van der Waals surface area contributed by atoms with E-state index in [4.69, 9.17) is 4.52 Å². The van der Waals surface area contributed by atoms with Gasteiger partial charge < -0.3 is 14.4 Å². The smallest absolute Gasteiger partial charge is 0.326 e. The number of H-pyrrole nitrogens is 2. The lowest BCUT2D eigenvalue weighted by atomic mass is 10.0. The Balaban J connectivity index is 1.98. The monoisotopic (exact) mass is 304 g/mol. The van der Waals surface area contributed by atoms with Crippen molar-refractivity contribution in [3.05, 3.63) is 49.6 Å². The van der Waals surface area contributed by atoms with Gasteiger partial charge in [-0.05, 0) is 26.7 Å². The Kier molecular flexibility index (Phi) is 3.44. The zero-order valence-corrected chi connectivity index (χ0v) is 12.3. The number of hydrogen-bond donors (Lipinski definition) is 2. The van der Waals surface area contributed by atoms with E-state index in [1.165, 1.54) is 0 Å². The first-order valence-corrected chi connectivity index (χ1v) is 7.04. The molecule has 1 amide bonds. The molecule has 0 bridgehead atoms. The molecule has 0 spiro atoms. The van der Waals surface area contributed by atoms with Gasteiger partial charge in [0.2, 0.25) is 0 Å². The largest absolute Gasteiger partial charge is 0.361 e. The van der Waals surface area contributed by atoms with E-state index < -0.39 is 11.2 Å². The topological polar surface area (TPSA) is 112 Å². The molecular weight excluding hydrogens is 288 g/mol. The van der Waals surface area contributed by atoms with E-state index in [2.05, 4.69) is 15.1 Å². The number of aromatic nitrogens is 3. The van der Waals surface area contributed by atoms with E-state index in [-0.39, 0.29) is 17.6 Å². The summed E-state index contributed by atoms with van der Waals surface area (Å²) in [7, 11) is 0. The molecule has 0 aromatic carbocycles. The molecule has 1 fully saturated rings. The minimum Gasteiger partial charge on any atom is -0.361 e. The summed E-state index contributed by atoms with van der Waals surface area (Å²) in [6.07, 6.45) is 1.63. The number of nitrogens with one attached hydrogen (secondary N) is 2. The van der Waals surface area contributed by atoms with Gasteiger partial charge in [-0.2, -0.15) is 0 Å². The van der Waals surface area contributed by atoms with Crippen molar-refractivity contribution < 1.29 is 9.32 Å². The van der Waals surface area contributed by atoms with Crippen LogP contribution >= 0.6 is 0 Å². The summed E-state index contributed by atoms with van der Waals surface area (Å²) in [6.45, 7) is 4.20. The molecule has 3 heterocycles. The third-order valence-corrected chi connectivity index (χ3v) is 3.93. The quantitative estimate of drug-likeness (QED) is 0.845. The highest BCUT2D eigenvalue weighted by atomic mass is 16.5. The van der Waals surface area contributed by atoms with Gasteiger partial charge in [-0.25, -0.2) is 4.79 Å². The maximum absolute atomic E-state index is 12.6. The first-order chi connectivity index (χ1) is 10.5. The van der Waals surface area contributed by atoms with Crippen molar-refractivity contribution in [3.8, 4) is 0 Å². The van der Waals surface area contributed by atoms with E-state index in [9.17, 15) is 14.4 Å². The molecule has 1 saturated heterocycles. The molecule has 2 N–H and O–H groups in total. The lowest BCUT2D eigenvalue weighted by Crippen LogP contribution is -2.35. The van der Waals surface area contributed by atoms with Gasteiger partial charge in [-0.1, -0.05) is 5.16 Å². The Hall–Kier alpha value is -2.64. The highest BCUT2D eigenvalue weighted by molar-refractivity contribution is 5.92. The van der Waals surface area contributed by atoms with Gasteiger partial charge in [-0.15, -0.1) is 0 Å². The summed E-state index contributed by atoms with van der Waals surface area (Å²) in [6, 6.07) is 0.952.